The fourth-order valence-corrected chi connectivity index (χ4v) is 3.81. The number of benzene rings is 2. The molecular weight excluding hydrogens is 497 g/mol. The number of halogens is 7. The summed E-state index contributed by atoms with van der Waals surface area (Å²) in [6.07, 6.45) is -8.71. The Labute approximate surface area is 201 Å². The van der Waals surface area contributed by atoms with Crippen LogP contribution in [0.4, 0.5) is 36.4 Å². The Morgan fingerprint density at radius 3 is 1.94 bits per heavy atom. The lowest BCUT2D eigenvalue weighted by molar-refractivity contribution is -0.143. The van der Waals surface area contributed by atoms with E-state index in [2.05, 4.69) is 10.6 Å². The first-order valence-electron chi connectivity index (χ1n) is 10.7. The molecule has 1 saturated carbocycles. The number of nitrogens with one attached hydrogen (secondary N) is 2. The van der Waals surface area contributed by atoms with E-state index in [4.69, 9.17) is 0 Å². The van der Waals surface area contributed by atoms with Crippen LogP contribution in [0.25, 0.3) is 6.08 Å². The zero-order valence-electron chi connectivity index (χ0n) is 18.5. The normalized spacial score (nSPS) is 20.8. The van der Waals surface area contributed by atoms with E-state index in [0.29, 0.717) is 17.7 Å². The standard InChI is InChI=1S/C24H21F7N2O3/c25-17-4-1-14(2-5-17)3-6-20(35)33-22(9-7-19(34)8-10-22)21(36)32-18-12-15(23(26,27)28)11-16(13-18)24(29,30)31/h1-6,11-13,19,34H,7-10H2,(H,32,36)(H,33,35). The van der Waals surface area contributed by atoms with Crippen molar-refractivity contribution in [1.82, 2.24) is 5.32 Å². The number of alkyl halides is 6. The Hall–Kier alpha value is -3.41. The number of rotatable bonds is 5. The third-order valence-electron chi connectivity index (χ3n) is 5.75. The first kappa shape index (κ1) is 27.2. The minimum atomic E-state index is -5.10. The molecule has 2 aromatic carbocycles. The van der Waals surface area contributed by atoms with Gasteiger partial charge in [-0.3, -0.25) is 9.59 Å². The maximum Gasteiger partial charge on any atom is 0.416 e. The molecule has 0 aliphatic heterocycles. The van der Waals surface area contributed by atoms with Gasteiger partial charge in [-0.05, 0) is 67.7 Å². The summed E-state index contributed by atoms with van der Waals surface area (Å²) in [5, 5.41) is 14.4. The van der Waals surface area contributed by atoms with Crippen molar-refractivity contribution in [1.29, 1.82) is 0 Å². The fraction of sp³-hybridized carbons (Fsp3) is 0.333. The van der Waals surface area contributed by atoms with Crippen LogP contribution in [0.5, 0.6) is 0 Å². The SMILES string of the molecule is O=C(C=Cc1ccc(F)cc1)NC1(C(=O)Nc2cc(C(F)(F)F)cc(C(F)(F)F)c2)CCC(O)CC1. The highest BCUT2D eigenvalue weighted by Gasteiger charge is 2.43. The molecule has 36 heavy (non-hydrogen) atoms. The molecular formula is C24H21F7N2O3. The van der Waals surface area contributed by atoms with Gasteiger partial charge in [-0.15, -0.1) is 0 Å². The van der Waals surface area contributed by atoms with Crippen LogP contribution in [0.15, 0.2) is 48.5 Å². The van der Waals surface area contributed by atoms with E-state index in [9.17, 15) is 45.4 Å². The van der Waals surface area contributed by atoms with Crippen LogP contribution in [0.3, 0.4) is 0 Å². The molecule has 0 radical (unpaired) electrons. The third-order valence-corrected chi connectivity index (χ3v) is 5.75. The van der Waals surface area contributed by atoms with Gasteiger partial charge in [0.15, 0.2) is 0 Å². The van der Waals surface area contributed by atoms with Crippen LogP contribution in [0.2, 0.25) is 0 Å². The quantitative estimate of drug-likeness (QED) is 0.371. The predicted octanol–water partition coefficient (Wildman–Crippen LogP) is 5.31. The van der Waals surface area contributed by atoms with Crippen LogP contribution in [0, 0.1) is 5.82 Å². The molecule has 3 rings (SSSR count). The molecule has 12 heteroatoms. The molecule has 0 spiro atoms. The van der Waals surface area contributed by atoms with Crippen molar-refractivity contribution in [3.8, 4) is 0 Å². The number of aliphatic hydroxyl groups excluding tert-OH is 1. The van der Waals surface area contributed by atoms with E-state index >= 15 is 0 Å². The zero-order valence-corrected chi connectivity index (χ0v) is 18.5. The monoisotopic (exact) mass is 518 g/mol. The molecule has 0 heterocycles. The van der Waals surface area contributed by atoms with Gasteiger partial charge < -0.3 is 15.7 Å². The minimum Gasteiger partial charge on any atom is -0.393 e. The zero-order chi connectivity index (χ0) is 26.7. The van der Waals surface area contributed by atoms with Gasteiger partial charge in [-0.2, -0.15) is 26.3 Å². The predicted molar refractivity (Wildman–Crippen MR) is 116 cm³/mol. The molecule has 1 aliphatic carbocycles. The first-order chi connectivity index (χ1) is 16.7. The molecule has 5 nitrogen and oxygen atoms in total. The molecule has 0 saturated heterocycles. The van der Waals surface area contributed by atoms with Crippen molar-refractivity contribution in [2.75, 3.05) is 5.32 Å². The molecule has 2 aromatic rings. The van der Waals surface area contributed by atoms with Crippen molar-refractivity contribution in [2.45, 2.75) is 49.7 Å². The Kier molecular flexibility index (Phi) is 7.77. The summed E-state index contributed by atoms with van der Waals surface area (Å²) in [7, 11) is 0. The van der Waals surface area contributed by atoms with Gasteiger partial charge in [0, 0.05) is 11.8 Å². The minimum absolute atomic E-state index is 0.0613. The van der Waals surface area contributed by atoms with Crippen LogP contribution < -0.4 is 10.6 Å². The number of anilines is 1. The molecule has 0 bridgehead atoms. The van der Waals surface area contributed by atoms with E-state index in [1.807, 2.05) is 0 Å². The molecule has 1 fully saturated rings. The van der Waals surface area contributed by atoms with Crippen molar-refractivity contribution in [2.24, 2.45) is 0 Å². The maximum absolute atomic E-state index is 13.2. The van der Waals surface area contributed by atoms with Gasteiger partial charge in [-0.25, -0.2) is 4.39 Å². The van der Waals surface area contributed by atoms with Gasteiger partial charge >= 0.3 is 12.4 Å². The molecule has 3 N–H and O–H groups in total. The van der Waals surface area contributed by atoms with Crippen molar-refractivity contribution in [3.05, 3.63) is 71.0 Å². The number of carbonyl (C=O) groups is 2. The average Bonchev–Trinajstić information content (AvgIpc) is 2.79. The fourth-order valence-electron chi connectivity index (χ4n) is 3.81. The summed E-state index contributed by atoms with van der Waals surface area (Å²) in [4.78, 5) is 25.7. The first-order valence-corrected chi connectivity index (χ1v) is 10.7. The number of aliphatic hydroxyl groups is 1. The van der Waals surface area contributed by atoms with E-state index < -0.39 is 58.4 Å². The van der Waals surface area contributed by atoms with Crippen LogP contribution >= 0.6 is 0 Å². The van der Waals surface area contributed by atoms with Crippen molar-refractivity contribution >= 4 is 23.6 Å². The summed E-state index contributed by atoms with van der Waals surface area (Å²) >= 11 is 0. The van der Waals surface area contributed by atoms with Crippen LogP contribution in [0.1, 0.15) is 42.4 Å². The Morgan fingerprint density at radius 2 is 1.44 bits per heavy atom. The second kappa shape index (κ2) is 10.3. The molecule has 1 aliphatic rings. The maximum atomic E-state index is 13.2. The van der Waals surface area contributed by atoms with Gasteiger partial charge in [0.25, 0.3) is 0 Å². The number of carbonyl (C=O) groups excluding carboxylic acids is 2. The van der Waals surface area contributed by atoms with Gasteiger partial charge in [-0.1, -0.05) is 12.1 Å². The third kappa shape index (κ3) is 6.84. The Bertz CT molecular complexity index is 1100. The van der Waals surface area contributed by atoms with E-state index in [-0.39, 0.29) is 31.7 Å². The van der Waals surface area contributed by atoms with E-state index in [0.717, 1.165) is 6.08 Å². The van der Waals surface area contributed by atoms with Crippen molar-refractivity contribution < 1.29 is 45.4 Å². The Balaban J connectivity index is 1.87. The van der Waals surface area contributed by atoms with Gasteiger partial charge in [0.1, 0.15) is 11.4 Å². The van der Waals surface area contributed by atoms with Gasteiger partial charge in [0.2, 0.25) is 11.8 Å². The lowest BCUT2D eigenvalue weighted by atomic mass is 9.79. The molecule has 194 valence electrons. The van der Waals surface area contributed by atoms with Crippen LogP contribution in [-0.2, 0) is 21.9 Å². The van der Waals surface area contributed by atoms with Gasteiger partial charge in [0.05, 0.1) is 17.2 Å². The molecule has 0 atom stereocenters. The summed E-state index contributed by atoms with van der Waals surface area (Å²) < 4.78 is 92.1. The summed E-state index contributed by atoms with van der Waals surface area (Å²) in [5.41, 5.74) is -5.19. The largest absolute Gasteiger partial charge is 0.416 e. The highest BCUT2D eigenvalue weighted by atomic mass is 19.4. The van der Waals surface area contributed by atoms with E-state index in [1.165, 1.54) is 30.3 Å². The average molecular weight is 518 g/mol. The van der Waals surface area contributed by atoms with Crippen LogP contribution in [-0.4, -0.2) is 28.6 Å². The smallest absolute Gasteiger partial charge is 0.393 e. The lowest BCUT2D eigenvalue weighted by Crippen LogP contribution is -2.58. The van der Waals surface area contributed by atoms with Crippen molar-refractivity contribution in [3.63, 3.8) is 0 Å². The number of hydrogen-bond acceptors (Lipinski definition) is 3. The highest BCUT2D eigenvalue weighted by Crippen LogP contribution is 2.38. The summed E-state index contributed by atoms with van der Waals surface area (Å²) in [5.74, 6) is -2.28. The summed E-state index contributed by atoms with van der Waals surface area (Å²) in [6, 6.07) is 5.79. The molecule has 0 aromatic heterocycles. The van der Waals surface area contributed by atoms with E-state index in [1.54, 1.807) is 0 Å². The number of amides is 2. The molecule has 0 unspecified atom stereocenters. The number of hydrogen-bond donors (Lipinski definition) is 3. The topological polar surface area (TPSA) is 78.4 Å². The Morgan fingerprint density at radius 1 is 0.917 bits per heavy atom. The lowest BCUT2D eigenvalue weighted by Gasteiger charge is -2.38. The highest BCUT2D eigenvalue weighted by molar-refractivity contribution is 6.03. The molecule has 2 amide bonds. The summed E-state index contributed by atoms with van der Waals surface area (Å²) in [6.45, 7) is 0. The second-order valence-electron chi connectivity index (χ2n) is 8.44. The second-order valence-corrected chi connectivity index (χ2v) is 8.44.